The normalized spacial score (nSPS) is 10.9. The number of rotatable bonds is 5. The van der Waals surface area contributed by atoms with E-state index in [0.29, 0.717) is 13.2 Å². The van der Waals surface area contributed by atoms with E-state index in [1.165, 1.54) is 0 Å². The first-order chi connectivity index (χ1) is 8.49. The number of benzene rings is 1. The minimum Gasteiger partial charge on any atom is -0.497 e. The van der Waals surface area contributed by atoms with Crippen LogP contribution in [0.1, 0.15) is 26.3 Å². The Hall–Kier alpha value is -1.71. The van der Waals surface area contributed by atoms with Crippen molar-refractivity contribution in [3.8, 4) is 5.75 Å². The van der Waals surface area contributed by atoms with E-state index in [2.05, 4.69) is 19.2 Å². The van der Waals surface area contributed by atoms with Gasteiger partial charge in [0.25, 0.3) is 0 Å². The van der Waals surface area contributed by atoms with Crippen molar-refractivity contribution < 1.29 is 14.3 Å². The van der Waals surface area contributed by atoms with E-state index in [-0.39, 0.29) is 11.5 Å². The van der Waals surface area contributed by atoms with Gasteiger partial charge in [-0.15, -0.1) is 0 Å². The molecule has 1 aromatic rings. The zero-order valence-electron chi connectivity index (χ0n) is 11.4. The monoisotopic (exact) mass is 251 g/mol. The van der Waals surface area contributed by atoms with E-state index in [1.54, 1.807) is 14.0 Å². The van der Waals surface area contributed by atoms with Gasteiger partial charge in [0, 0.05) is 12.0 Å². The van der Waals surface area contributed by atoms with Crippen LogP contribution in [0.3, 0.4) is 0 Å². The Kier molecular flexibility index (Phi) is 5.01. The SMILES string of the molecule is CCOC(=O)NCC(C)(C)c1ccc(OC)cc1. The molecule has 0 aromatic heterocycles. The quantitative estimate of drug-likeness (QED) is 0.875. The average molecular weight is 251 g/mol. The van der Waals surface area contributed by atoms with Crippen molar-refractivity contribution in [2.75, 3.05) is 20.3 Å². The molecule has 0 radical (unpaired) electrons. The molecule has 1 rings (SSSR count). The number of nitrogens with one attached hydrogen (secondary N) is 1. The van der Waals surface area contributed by atoms with E-state index in [9.17, 15) is 4.79 Å². The highest BCUT2D eigenvalue weighted by Crippen LogP contribution is 2.24. The Morgan fingerprint density at radius 1 is 1.28 bits per heavy atom. The number of methoxy groups -OCH3 is 1. The zero-order valence-corrected chi connectivity index (χ0v) is 11.4. The van der Waals surface area contributed by atoms with Crippen LogP contribution in [0.4, 0.5) is 4.79 Å². The van der Waals surface area contributed by atoms with E-state index in [4.69, 9.17) is 9.47 Å². The van der Waals surface area contributed by atoms with Crippen LogP contribution in [0.25, 0.3) is 0 Å². The third-order valence-electron chi connectivity index (χ3n) is 2.82. The number of carbonyl (C=O) groups is 1. The number of hydrogen-bond acceptors (Lipinski definition) is 3. The molecule has 0 aliphatic carbocycles. The summed E-state index contributed by atoms with van der Waals surface area (Å²) in [6.07, 6.45) is -0.376. The Balaban J connectivity index is 2.63. The van der Waals surface area contributed by atoms with Crippen molar-refractivity contribution in [1.29, 1.82) is 0 Å². The molecule has 1 N–H and O–H groups in total. The fourth-order valence-corrected chi connectivity index (χ4v) is 1.62. The topological polar surface area (TPSA) is 47.6 Å². The summed E-state index contributed by atoms with van der Waals surface area (Å²) in [5, 5.41) is 2.76. The van der Waals surface area contributed by atoms with E-state index < -0.39 is 0 Å². The molecule has 0 atom stereocenters. The van der Waals surface area contributed by atoms with Crippen molar-refractivity contribution >= 4 is 6.09 Å². The van der Waals surface area contributed by atoms with Gasteiger partial charge in [-0.25, -0.2) is 4.79 Å². The summed E-state index contributed by atoms with van der Waals surface area (Å²) in [5.74, 6) is 0.827. The minimum absolute atomic E-state index is 0.154. The smallest absolute Gasteiger partial charge is 0.407 e. The Morgan fingerprint density at radius 3 is 2.39 bits per heavy atom. The second kappa shape index (κ2) is 6.28. The summed E-state index contributed by atoms with van der Waals surface area (Å²) in [6, 6.07) is 7.85. The maximum atomic E-state index is 11.3. The molecular formula is C14H21NO3. The van der Waals surface area contributed by atoms with Gasteiger partial charge in [0.1, 0.15) is 5.75 Å². The summed E-state index contributed by atoms with van der Waals surface area (Å²) >= 11 is 0. The van der Waals surface area contributed by atoms with E-state index >= 15 is 0 Å². The average Bonchev–Trinajstić information content (AvgIpc) is 2.37. The van der Waals surface area contributed by atoms with Crippen LogP contribution in [-0.4, -0.2) is 26.4 Å². The summed E-state index contributed by atoms with van der Waals surface area (Å²) in [4.78, 5) is 11.3. The first-order valence-electron chi connectivity index (χ1n) is 6.04. The van der Waals surface area contributed by atoms with Gasteiger partial charge in [-0.1, -0.05) is 26.0 Å². The number of ether oxygens (including phenoxy) is 2. The fourth-order valence-electron chi connectivity index (χ4n) is 1.62. The largest absolute Gasteiger partial charge is 0.497 e. The van der Waals surface area contributed by atoms with Crippen molar-refractivity contribution in [3.05, 3.63) is 29.8 Å². The first-order valence-corrected chi connectivity index (χ1v) is 6.04. The highest BCUT2D eigenvalue weighted by atomic mass is 16.5. The molecule has 1 amide bonds. The van der Waals surface area contributed by atoms with Gasteiger partial charge in [0.2, 0.25) is 0 Å². The summed E-state index contributed by atoms with van der Waals surface area (Å²) in [6.45, 7) is 6.84. The lowest BCUT2D eigenvalue weighted by Gasteiger charge is -2.25. The van der Waals surface area contributed by atoms with Gasteiger partial charge in [-0.2, -0.15) is 0 Å². The molecule has 0 aliphatic rings. The van der Waals surface area contributed by atoms with Crippen molar-refractivity contribution in [3.63, 3.8) is 0 Å². The van der Waals surface area contributed by atoms with Crippen LogP contribution in [0.15, 0.2) is 24.3 Å². The lowest BCUT2D eigenvalue weighted by atomic mass is 9.84. The van der Waals surface area contributed by atoms with Crippen LogP contribution in [0.5, 0.6) is 5.75 Å². The maximum absolute atomic E-state index is 11.3. The maximum Gasteiger partial charge on any atom is 0.407 e. The fraction of sp³-hybridized carbons (Fsp3) is 0.500. The number of alkyl carbamates (subject to hydrolysis) is 1. The van der Waals surface area contributed by atoms with Crippen LogP contribution < -0.4 is 10.1 Å². The first kappa shape index (κ1) is 14.4. The molecule has 0 heterocycles. The number of amides is 1. The molecule has 4 nitrogen and oxygen atoms in total. The Bertz CT molecular complexity index is 385. The van der Waals surface area contributed by atoms with E-state index in [0.717, 1.165) is 11.3 Å². The van der Waals surface area contributed by atoms with Crippen LogP contribution in [0.2, 0.25) is 0 Å². The van der Waals surface area contributed by atoms with Crippen molar-refractivity contribution in [1.82, 2.24) is 5.32 Å². The van der Waals surface area contributed by atoms with Crippen LogP contribution in [0, 0.1) is 0 Å². The predicted molar refractivity (Wildman–Crippen MR) is 71.0 cm³/mol. The molecule has 0 fully saturated rings. The standard InChI is InChI=1S/C14H21NO3/c1-5-18-13(16)15-10-14(2,3)11-6-8-12(17-4)9-7-11/h6-9H,5,10H2,1-4H3,(H,15,16). The Morgan fingerprint density at radius 2 is 1.89 bits per heavy atom. The van der Waals surface area contributed by atoms with Crippen LogP contribution in [-0.2, 0) is 10.2 Å². The molecule has 0 saturated carbocycles. The van der Waals surface area contributed by atoms with Gasteiger partial charge in [0.15, 0.2) is 0 Å². The van der Waals surface area contributed by atoms with Crippen molar-refractivity contribution in [2.45, 2.75) is 26.2 Å². The zero-order chi connectivity index (χ0) is 13.6. The van der Waals surface area contributed by atoms with Gasteiger partial charge >= 0.3 is 6.09 Å². The molecule has 18 heavy (non-hydrogen) atoms. The number of hydrogen-bond donors (Lipinski definition) is 1. The molecule has 0 aliphatic heterocycles. The minimum atomic E-state index is -0.376. The number of carbonyl (C=O) groups excluding carboxylic acids is 1. The van der Waals surface area contributed by atoms with Gasteiger partial charge in [-0.3, -0.25) is 0 Å². The molecule has 1 aromatic carbocycles. The lowest BCUT2D eigenvalue weighted by Crippen LogP contribution is -2.36. The van der Waals surface area contributed by atoms with Crippen molar-refractivity contribution in [2.24, 2.45) is 0 Å². The molecule has 4 heteroatoms. The third-order valence-corrected chi connectivity index (χ3v) is 2.82. The second-order valence-corrected chi connectivity index (χ2v) is 4.69. The highest BCUT2D eigenvalue weighted by Gasteiger charge is 2.21. The molecule has 0 unspecified atom stereocenters. The van der Waals surface area contributed by atoms with Gasteiger partial charge in [0.05, 0.1) is 13.7 Å². The third kappa shape index (κ3) is 3.95. The molecule has 0 spiro atoms. The Labute approximate surface area is 108 Å². The molecule has 0 bridgehead atoms. The second-order valence-electron chi connectivity index (χ2n) is 4.69. The van der Waals surface area contributed by atoms with Crippen LogP contribution >= 0.6 is 0 Å². The van der Waals surface area contributed by atoms with E-state index in [1.807, 2.05) is 24.3 Å². The predicted octanol–water partition coefficient (Wildman–Crippen LogP) is 2.72. The highest BCUT2D eigenvalue weighted by molar-refractivity contribution is 5.67. The summed E-state index contributed by atoms with van der Waals surface area (Å²) in [7, 11) is 1.64. The summed E-state index contributed by atoms with van der Waals surface area (Å²) in [5.41, 5.74) is 0.985. The molecule has 100 valence electrons. The van der Waals surface area contributed by atoms with Gasteiger partial charge in [-0.05, 0) is 24.6 Å². The van der Waals surface area contributed by atoms with Gasteiger partial charge < -0.3 is 14.8 Å². The lowest BCUT2D eigenvalue weighted by molar-refractivity contribution is 0.150. The molecule has 0 saturated heterocycles. The summed E-state index contributed by atoms with van der Waals surface area (Å²) < 4.78 is 9.96. The molecular weight excluding hydrogens is 230 g/mol.